The second-order valence-corrected chi connectivity index (χ2v) is 6.64. The van der Waals surface area contributed by atoms with E-state index in [4.69, 9.17) is 10.8 Å². The molecule has 2 N–H and O–H groups in total. The highest BCUT2D eigenvalue weighted by molar-refractivity contribution is 5.03. The lowest BCUT2D eigenvalue weighted by Gasteiger charge is -2.33. The summed E-state index contributed by atoms with van der Waals surface area (Å²) >= 11 is 0. The summed E-state index contributed by atoms with van der Waals surface area (Å²) in [6.45, 7) is 6.72. The molecule has 1 aliphatic carbocycles. The van der Waals surface area contributed by atoms with Gasteiger partial charge in [0.2, 0.25) is 0 Å². The fraction of sp³-hybridized carbons (Fsp3) is 0.824. The maximum absolute atomic E-state index is 6.34. The largest absolute Gasteiger partial charge is 0.327 e. The maximum atomic E-state index is 6.34. The van der Waals surface area contributed by atoms with Crippen LogP contribution in [0.25, 0.3) is 0 Å². The molecule has 0 aromatic carbocycles. The average molecular weight is 277 g/mol. The first kappa shape index (κ1) is 15.6. The van der Waals surface area contributed by atoms with Crippen molar-refractivity contribution >= 4 is 0 Å². The summed E-state index contributed by atoms with van der Waals surface area (Å²) in [4.78, 5) is 0. The molecule has 20 heavy (non-hydrogen) atoms. The average Bonchev–Trinajstić information content (AvgIpc) is 2.90. The Hall–Kier alpha value is -0.830. The molecule has 0 amide bonds. The number of hydrogen-bond acceptors (Lipinski definition) is 2. The molecule has 1 aliphatic rings. The van der Waals surface area contributed by atoms with E-state index >= 15 is 0 Å². The Labute approximate surface area is 123 Å². The zero-order valence-electron chi connectivity index (χ0n) is 13.4. The topological polar surface area (TPSA) is 43.8 Å². The Morgan fingerprint density at radius 1 is 1.40 bits per heavy atom. The minimum Gasteiger partial charge on any atom is -0.327 e. The molecule has 4 atom stereocenters. The van der Waals surface area contributed by atoms with Gasteiger partial charge < -0.3 is 5.73 Å². The first-order chi connectivity index (χ1) is 9.63. The van der Waals surface area contributed by atoms with Crippen LogP contribution >= 0.6 is 0 Å². The van der Waals surface area contributed by atoms with Gasteiger partial charge in [0.15, 0.2) is 0 Å². The molecular formula is C17H31N3. The maximum Gasteiger partial charge on any atom is 0.0628 e. The third-order valence-corrected chi connectivity index (χ3v) is 5.02. The van der Waals surface area contributed by atoms with Crippen LogP contribution in [0.2, 0.25) is 0 Å². The van der Waals surface area contributed by atoms with Crippen LogP contribution < -0.4 is 5.73 Å². The first-order valence-corrected chi connectivity index (χ1v) is 8.43. The predicted molar refractivity (Wildman–Crippen MR) is 84.6 cm³/mol. The molecule has 0 radical (unpaired) electrons. The van der Waals surface area contributed by atoms with Gasteiger partial charge in [0.1, 0.15) is 0 Å². The zero-order chi connectivity index (χ0) is 14.5. The summed E-state index contributed by atoms with van der Waals surface area (Å²) in [7, 11) is 0. The standard InChI is InChI=1S/C17H31N3/c1-4-6-14-7-8-17(18)15(11-14)12-16-9-10-20(19-16)13(3)5-2/h9-10,13-15,17H,4-8,11-12,18H2,1-3H3. The van der Waals surface area contributed by atoms with Crippen molar-refractivity contribution in [3.63, 3.8) is 0 Å². The van der Waals surface area contributed by atoms with Crippen molar-refractivity contribution in [2.45, 2.75) is 77.8 Å². The molecule has 114 valence electrons. The van der Waals surface area contributed by atoms with Gasteiger partial charge in [-0.2, -0.15) is 5.10 Å². The molecular weight excluding hydrogens is 246 g/mol. The van der Waals surface area contributed by atoms with Crippen molar-refractivity contribution in [2.24, 2.45) is 17.6 Å². The monoisotopic (exact) mass is 277 g/mol. The van der Waals surface area contributed by atoms with Crippen molar-refractivity contribution in [2.75, 3.05) is 0 Å². The molecule has 1 aromatic heterocycles. The lowest BCUT2D eigenvalue weighted by atomic mass is 9.75. The molecule has 4 unspecified atom stereocenters. The van der Waals surface area contributed by atoms with Crippen LogP contribution in [0.15, 0.2) is 12.3 Å². The summed E-state index contributed by atoms with van der Waals surface area (Å²) in [6.07, 6.45) is 10.8. The van der Waals surface area contributed by atoms with E-state index in [0.29, 0.717) is 18.0 Å². The van der Waals surface area contributed by atoms with Crippen LogP contribution in [0, 0.1) is 11.8 Å². The lowest BCUT2D eigenvalue weighted by molar-refractivity contribution is 0.220. The summed E-state index contributed by atoms with van der Waals surface area (Å²) in [6, 6.07) is 3.05. The second kappa shape index (κ2) is 7.26. The van der Waals surface area contributed by atoms with E-state index in [-0.39, 0.29) is 0 Å². The molecule has 1 saturated carbocycles. The molecule has 0 saturated heterocycles. The van der Waals surface area contributed by atoms with E-state index in [2.05, 4.69) is 37.7 Å². The molecule has 0 aliphatic heterocycles. The molecule has 3 heteroatoms. The van der Waals surface area contributed by atoms with Gasteiger partial charge in [0, 0.05) is 18.3 Å². The van der Waals surface area contributed by atoms with E-state index < -0.39 is 0 Å². The highest BCUT2D eigenvalue weighted by atomic mass is 15.3. The van der Waals surface area contributed by atoms with Gasteiger partial charge >= 0.3 is 0 Å². The third-order valence-electron chi connectivity index (χ3n) is 5.02. The Morgan fingerprint density at radius 2 is 2.20 bits per heavy atom. The van der Waals surface area contributed by atoms with Crippen molar-refractivity contribution in [1.29, 1.82) is 0 Å². The Kier molecular flexibility index (Phi) is 5.64. The van der Waals surface area contributed by atoms with Gasteiger partial charge in [-0.1, -0.05) is 26.7 Å². The second-order valence-electron chi connectivity index (χ2n) is 6.64. The van der Waals surface area contributed by atoms with Crippen LogP contribution in [-0.2, 0) is 6.42 Å². The first-order valence-electron chi connectivity index (χ1n) is 8.43. The molecule has 3 nitrogen and oxygen atoms in total. The SMILES string of the molecule is CCCC1CCC(N)C(Cc2ccn(C(C)CC)n2)C1. The van der Waals surface area contributed by atoms with Gasteiger partial charge in [-0.3, -0.25) is 4.68 Å². The van der Waals surface area contributed by atoms with Gasteiger partial charge in [-0.25, -0.2) is 0 Å². The number of nitrogens with zero attached hydrogens (tertiary/aromatic N) is 2. The van der Waals surface area contributed by atoms with Crippen molar-refractivity contribution in [3.05, 3.63) is 18.0 Å². The minimum absolute atomic E-state index is 0.372. The van der Waals surface area contributed by atoms with Gasteiger partial charge in [0.25, 0.3) is 0 Å². The molecule has 0 spiro atoms. The van der Waals surface area contributed by atoms with E-state index in [1.165, 1.54) is 37.8 Å². The lowest BCUT2D eigenvalue weighted by Crippen LogP contribution is -2.37. The third kappa shape index (κ3) is 3.85. The smallest absolute Gasteiger partial charge is 0.0628 e. The number of aromatic nitrogens is 2. The minimum atomic E-state index is 0.372. The van der Waals surface area contributed by atoms with Crippen LogP contribution in [-0.4, -0.2) is 15.8 Å². The van der Waals surface area contributed by atoms with Gasteiger partial charge in [-0.15, -0.1) is 0 Å². The van der Waals surface area contributed by atoms with Gasteiger partial charge in [0.05, 0.1) is 5.69 Å². The Morgan fingerprint density at radius 3 is 2.90 bits per heavy atom. The predicted octanol–water partition coefficient (Wildman–Crippen LogP) is 3.94. The van der Waals surface area contributed by atoms with Gasteiger partial charge in [-0.05, 0) is 56.9 Å². The summed E-state index contributed by atoms with van der Waals surface area (Å²) in [5, 5.41) is 4.74. The number of rotatable bonds is 6. The van der Waals surface area contributed by atoms with Crippen molar-refractivity contribution < 1.29 is 0 Å². The molecule has 1 aromatic rings. The molecule has 1 heterocycles. The molecule has 0 bridgehead atoms. The highest BCUT2D eigenvalue weighted by Crippen LogP contribution is 2.33. The molecule has 2 rings (SSSR count). The van der Waals surface area contributed by atoms with Crippen LogP contribution in [0.4, 0.5) is 0 Å². The molecule has 1 fully saturated rings. The quantitative estimate of drug-likeness (QED) is 0.856. The van der Waals surface area contributed by atoms with Crippen molar-refractivity contribution in [1.82, 2.24) is 9.78 Å². The Bertz CT molecular complexity index is 399. The fourth-order valence-electron chi connectivity index (χ4n) is 3.48. The van der Waals surface area contributed by atoms with Crippen molar-refractivity contribution in [3.8, 4) is 0 Å². The van der Waals surface area contributed by atoms with E-state index in [9.17, 15) is 0 Å². The highest BCUT2D eigenvalue weighted by Gasteiger charge is 2.28. The zero-order valence-corrected chi connectivity index (χ0v) is 13.4. The van der Waals surface area contributed by atoms with E-state index in [1.807, 2.05) is 0 Å². The summed E-state index contributed by atoms with van der Waals surface area (Å²) in [5.41, 5.74) is 7.57. The fourth-order valence-corrected chi connectivity index (χ4v) is 3.48. The Balaban J connectivity index is 1.95. The summed E-state index contributed by atoms with van der Waals surface area (Å²) in [5.74, 6) is 1.52. The number of nitrogens with two attached hydrogens (primary N) is 1. The van der Waals surface area contributed by atoms with E-state index in [0.717, 1.165) is 18.8 Å². The number of hydrogen-bond donors (Lipinski definition) is 1. The normalized spacial score (nSPS) is 28.5. The van der Waals surface area contributed by atoms with E-state index in [1.54, 1.807) is 0 Å². The van der Waals surface area contributed by atoms with Crippen LogP contribution in [0.5, 0.6) is 0 Å². The summed E-state index contributed by atoms with van der Waals surface area (Å²) < 4.78 is 2.10. The van der Waals surface area contributed by atoms with Crippen LogP contribution in [0.3, 0.4) is 0 Å². The van der Waals surface area contributed by atoms with Crippen LogP contribution in [0.1, 0.15) is 71.0 Å².